The summed E-state index contributed by atoms with van der Waals surface area (Å²) in [6.45, 7) is 3.08. The number of benzene rings is 1. The summed E-state index contributed by atoms with van der Waals surface area (Å²) in [4.78, 5) is 6.81. The van der Waals surface area contributed by atoms with E-state index >= 15 is 4.39 Å². The number of alkyl halides is 1. The fourth-order valence-corrected chi connectivity index (χ4v) is 6.79. The highest BCUT2D eigenvalue weighted by Crippen LogP contribution is 2.42. The summed E-state index contributed by atoms with van der Waals surface area (Å²) >= 11 is 10.1. The zero-order chi connectivity index (χ0) is 24.0. The van der Waals surface area contributed by atoms with Crippen molar-refractivity contribution in [3.8, 4) is 5.75 Å². The van der Waals surface area contributed by atoms with Crippen molar-refractivity contribution >= 4 is 45.6 Å². The first-order chi connectivity index (χ1) is 16.5. The highest BCUT2D eigenvalue weighted by molar-refractivity contribution is 8.01. The van der Waals surface area contributed by atoms with Crippen LogP contribution in [0.5, 0.6) is 5.75 Å². The van der Waals surface area contributed by atoms with Crippen LogP contribution in [0.1, 0.15) is 43.8 Å². The number of hydrogen-bond donors (Lipinski definition) is 1. The van der Waals surface area contributed by atoms with Gasteiger partial charge < -0.3 is 14.7 Å². The Bertz CT molecular complexity index is 1060. The number of hydrogen-bond acceptors (Lipinski definition) is 6. The van der Waals surface area contributed by atoms with E-state index in [4.69, 9.17) is 16.3 Å². The standard InChI is InChI=1S/C26H32ClFN2O2S2/c1-32-19-5-6-23-20(16-19)25(21(27)17-29-23)22(28)7-8-26(18-31)9-12-30(13-10-26)11-3-15-34-24-4-2-14-33-24/h2,4-6,14,16-17,22,31H,3,7-13,15,18H2,1H3. The highest BCUT2D eigenvalue weighted by atomic mass is 35.5. The number of likely N-dealkylation sites (tertiary alicyclic amines) is 1. The molecule has 1 aliphatic heterocycles. The second-order valence-corrected chi connectivity index (χ2v) is 11.8. The topological polar surface area (TPSA) is 45.6 Å². The van der Waals surface area contributed by atoms with E-state index in [1.54, 1.807) is 24.5 Å². The van der Waals surface area contributed by atoms with Crippen LogP contribution >= 0.6 is 34.7 Å². The van der Waals surface area contributed by atoms with Crippen molar-refractivity contribution in [3.05, 3.63) is 52.5 Å². The number of halogens is 2. The molecule has 4 nitrogen and oxygen atoms in total. The van der Waals surface area contributed by atoms with Crippen LogP contribution in [0, 0.1) is 5.41 Å². The fraction of sp³-hybridized carbons (Fsp3) is 0.500. The molecule has 34 heavy (non-hydrogen) atoms. The molecule has 0 spiro atoms. The molecule has 0 radical (unpaired) electrons. The summed E-state index contributed by atoms with van der Waals surface area (Å²) in [5.41, 5.74) is 0.948. The van der Waals surface area contributed by atoms with Crippen molar-refractivity contribution in [2.75, 3.05) is 39.1 Å². The number of fused-ring (bicyclic) bond motifs is 1. The maximum atomic E-state index is 15.6. The van der Waals surface area contributed by atoms with Gasteiger partial charge in [0.25, 0.3) is 0 Å². The van der Waals surface area contributed by atoms with Gasteiger partial charge in [-0.2, -0.15) is 0 Å². The summed E-state index contributed by atoms with van der Waals surface area (Å²) in [6.07, 6.45) is 4.21. The number of aliphatic hydroxyl groups excluding tert-OH is 1. The lowest BCUT2D eigenvalue weighted by Crippen LogP contribution is -2.42. The van der Waals surface area contributed by atoms with Crippen LogP contribution in [-0.2, 0) is 0 Å². The number of thioether (sulfide) groups is 1. The van der Waals surface area contributed by atoms with E-state index < -0.39 is 6.17 Å². The maximum Gasteiger partial charge on any atom is 0.127 e. The van der Waals surface area contributed by atoms with Crippen molar-refractivity contribution in [1.29, 1.82) is 0 Å². The van der Waals surface area contributed by atoms with Gasteiger partial charge in [-0.1, -0.05) is 17.7 Å². The number of thiophene rings is 1. The zero-order valence-corrected chi connectivity index (χ0v) is 21.9. The van der Waals surface area contributed by atoms with Crippen molar-refractivity contribution in [3.63, 3.8) is 0 Å². The first kappa shape index (κ1) is 25.7. The normalized spacial score (nSPS) is 17.2. The third-order valence-electron chi connectivity index (χ3n) is 6.92. The molecule has 1 atom stereocenters. The number of rotatable bonds is 11. The third-order valence-corrected chi connectivity index (χ3v) is 9.44. The van der Waals surface area contributed by atoms with Crippen molar-refractivity contribution < 1.29 is 14.2 Å². The Balaban J connectivity index is 1.31. The molecule has 4 rings (SSSR count). The minimum absolute atomic E-state index is 0.0977. The number of ether oxygens (including phenoxy) is 1. The Morgan fingerprint density at radius 3 is 2.85 bits per heavy atom. The second-order valence-electron chi connectivity index (χ2n) is 9.04. The molecule has 0 amide bonds. The largest absolute Gasteiger partial charge is 0.497 e. The first-order valence-corrected chi connectivity index (χ1v) is 14.0. The van der Waals surface area contributed by atoms with Gasteiger partial charge in [0.2, 0.25) is 0 Å². The third kappa shape index (κ3) is 6.24. The minimum atomic E-state index is -1.22. The molecular formula is C26H32ClFN2O2S2. The molecule has 1 aliphatic rings. The summed E-state index contributed by atoms with van der Waals surface area (Å²) in [6, 6.07) is 9.70. The Morgan fingerprint density at radius 1 is 1.32 bits per heavy atom. The van der Waals surface area contributed by atoms with Crippen molar-refractivity contribution in [2.24, 2.45) is 5.41 Å². The van der Waals surface area contributed by atoms with Gasteiger partial charge in [-0.15, -0.1) is 23.1 Å². The molecule has 8 heteroatoms. The van der Waals surface area contributed by atoms with E-state index in [2.05, 4.69) is 27.4 Å². The lowest BCUT2D eigenvalue weighted by Gasteiger charge is -2.41. The number of aliphatic hydroxyl groups is 1. The molecule has 0 bridgehead atoms. The molecule has 3 aromatic rings. The SMILES string of the molecule is COc1ccc2ncc(Cl)c(C(F)CCC3(CO)CCN(CCCSc4cccs4)CC3)c2c1. The van der Waals surface area contributed by atoms with Crippen LogP contribution < -0.4 is 4.74 Å². The van der Waals surface area contributed by atoms with Gasteiger partial charge in [0.05, 0.1) is 21.9 Å². The maximum absolute atomic E-state index is 15.6. The number of aromatic nitrogens is 1. The van der Waals surface area contributed by atoms with Gasteiger partial charge in [0.15, 0.2) is 0 Å². The predicted octanol–water partition coefficient (Wildman–Crippen LogP) is 7.01. The Morgan fingerprint density at radius 2 is 2.15 bits per heavy atom. The van der Waals surface area contributed by atoms with Gasteiger partial charge >= 0.3 is 0 Å². The Labute approximate surface area is 214 Å². The monoisotopic (exact) mass is 522 g/mol. The van der Waals surface area contributed by atoms with Gasteiger partial charge in [-0.25, -0.2) is 4.39 Å². The number of pyridine rings is 1. The molecule has 184 valence electrons. The van der Waals surface area contributed by atoms with Crippen LogP contribution in [-0.4, -0.2) is 54.1 Å². The molecule has 0 saturated carbocycles. The Hall–Kier alpha value is -1.38. The molecule has 1 fully saturated rings. The van der Waals surface area contributed by atoms with Gasteiger partial charge in [0.1, 0.15) is 11.9 Å². The highest BCUT2D eigenvalue weighted by Gasteiger charge is 2.35. The van der Waals surface area contributed by atoms with Crippen LogP contribution in [0.3, 0.4) is 0 Å². The van der Waals surface area contributed by atoms with Crippen LogP contribution in [0.2, 0.25) is 5.02 Å². The van der Waals surface area contributed by atoms with E-state index in [0.717, 1.165) is 44.6 Å². The number of piperidine rings is 1. The minimum Gasteiger partial charge on any atom is -0.497 e. The van der Waals surface area contributed by atoms with E-state index in [1.807, 2.05) is 23.9 Å². The molecule has 0 aliphatic carbocycles. The predicted molar refractivity (Wildman–Crippen MR) is 141 cm³/mol. The molecule has 2 aromatic heterocycles. The lowest BCUT2D eigenvalue weighted by atomic mass is 9.74. The molecule has 1 aromatic carbocycles. The number of methoxy groups -OCH3 is 1. The van der Waals surface area contributed by atoms with Crippen LogP contribution in [0.15, 0.2) is 46.1 Å². The lowest BCUT2D eigenvalue weighted by molar-refractivity contribution is 0.0304. The van der Waals surface area contributed by atoms with E-state index in [1.165, 1.54) is 10.4 Å². The number of nitrogens with zero attached hydrogens (tertiary/aromatic N) is 2. The van der Waals surface area contributed by atoms with E-state index in [-0.39, 0.29) is 12.0 Å². The Kier molecular flexibility index (Phi) is 9.10. The van der Waals surface area contributed by atoms with Crippen LogP contribution in [0.25, 0.3) is 10.9 Å². The fourth-order valence-electron chi connectivity index (χ4n) is 4.74. The molecule has 3 heterocycles. The van der Waals surface area contributed by atoms with Gasteiger partial charge in [-0.3, -0.25) is 4.98 Å². The quantitative estimate of drug-likeness (QED) is 0.217. The van der Waals surface area contributed by atoms with Crippen molar-refractivity contribution in [2.45, 2.75) is 42.5 Å². The molecule has 1 saturated heterocycles. The average molecular weight is 523 g/mol. The first-order valence-electron chi connectivity index (χ1n) is 11.8. The molecular weight excluding hydrogens is 491 g/mol. The molecule has 1 N–H and O–H groups in total. The summed E-state index contributed by atoms with van der Waals surface area (Å²) in [5.74, 6) is 1.77. The summed E-state index contributed by atoms with van der Waals surface area (Å²) < 4.78 is 22.3. The molecule has 1 unspecified atom stereocenters. The average Bonchev–Trinajstić information content (AvgIpc) is 3.39. The van der Waals surface area contributed by atoms with Crippen molar-refractivity contribution in [1.82, 2.24) is 9.88 Å². The second kappa shape index (κ2) is 12.0. The summed E-state index contributed by atoms with van der Waals surface area (Å²) in [7, 11) is 1.59. The van der Waals surface area contributed by atoms with E-state index in [9.17, 15) is 5.11 Å². The van der Waals surface area contributed by atoms with Gasteiger partial charge in [-0.05, 0) is 86.8 Å². The smallest absolute Gasteiger partial charge is 0.127 e. The zero-order valence-electron chi connectivity index (χ0n) is 19.5. The summed E-state index contributed by atoms with van der Waals surface area (Å²) in [5, 5.41) is 13.4. The van der Waals surface area contributed by atoms with E-state index in [0.29, 0.717) is 40.1 Å². The van der Waals surface area contributed by atoms with Gasteiger partial charge in [0, 0.05) is 29.5 Å². The van der Waals surface area contributed by atoms with Crippen LogP contribution in [0.4, 0.5) is 4.39 Å².